The molecule has 0 aliphatic carbocycles. The predicted molar refractivity (Wildman–Crippen MR) is 77.0 cm³/mol. The molecule has 94 valence electrons. The van der Waals surface area contributed by atoms with Gasteiger partial charge in [-0.25, -0.2) is 0 Å². The molecule has 2 rings (SSSR count). The Morgan fingerprint density at radius 3 is 1.78 bits per heavy atom. The summed E-state index contributed by atoms with van der Waals surface area (Å²) in [6.45, 7) is 0. The summed E-state index contributed by atoms with van der Waals surface area (Å²) < 4.78 is 5.13. The van der Waals surface area contributed by atoms with Crippen molar-refractivity contribution in [2.45, 2.75) is 0 Å². The van der Waals surface area contributed by atoms with Crippen LogP contribution >= 0.6 is 0 Å². The summed E-state index contributed by atoms with van der Waals surface area (Å²) in [6.07, 6.45) is 0. The summed E-state index contributed by atoms with van der Waals surface area (Å²) in [6, 6.07) is 16.2. The van der Waals surface area contributed by atoms with Crippen LogP contribution in [0.1, 0.15) is 0 Å². The maximum absolute atomic E-state index is 5.13. The minimum Gasteiger partial charge on any atom is -0.497 e. The molecule has 0 spiro atoms. The van der Waals surface area contributed by atoms with Gasteiger partial charge < -0.3 is 15.0 Å². The van der Waals surface area contributed by atoms with Crippen LogP contribution in [-0.4, -0.2) is 21.2 Å². The van der Waals surface area contributed by atoms with Gasteiger partial charge in [-0.15, -0.1) is 0 Å². The number of benzene rings is 2. The van der Waals surface area contributed by atoms with Crippen LogP contribution in [0.2, 0.25) is 0 Å². The van der Waals surface area contributed by atoms with Crippen LogP contribution in [0.4, 0.5) is 17.1 Å². The molecule has 0 radical (unpaired) electrons. The Labute approximate surface area is 108 Å². The van der Waals surface area contributed by atoms with E-state index in [0.717, 1.165) is 17.1 Å². The standard InChI is InChI=1S/C15H18N2O/c1-17(2)14-8-4-12(5-9-14)16-13-6-10-15(18-3)11-7-13/h4-11,16H,1-3H3. The minimum absolute atomic E-state index is 0.864. The van der Waals surface area contributed by atoms with Crippen molar-refractivity contribution in [3.8, 4) is 5.75 Å². The van der Waals surface area contributed by atoms with Crippen LogP contribution in [0.25, 0.3) is 0 Å². The topological polar surface area (TPSA) is 24.5 Å². The van der Waals surface area contributed by atoms with E-state index in [1.165, 1.54) is 5.69 Å². The Morgan fingerprint density at radius 2 is 1.33 bits per heavy atom. The molecule has 0 bridgehead atoms. The second-order valence-corrected chi connectivity index (χ2v) is 4.29. The van der Waals surface area contributed by atoms with E-state index >= 15 is 0 Å². The maximum Gasteiger partial charge on any atom is 0.119 e. The van der Waals surface area contributed by atoms with Crippen molar-refractivity contribution in [2.24, 2.45) is 0 Å². The van der Waals surface area contributed by atoms with E-state index in [4.69, 9.17) is 4.74 Å². The van der Waals surface area contributed by atoms with Crippen LogP contribution in [0.15, 0.2) is 48.5 Å². The van der Waals surface area contributed by atoms with Crippen molar-refractivity contribution in [3.05, 3.63) is 48.5 Å². The van der Waals surface area contributed by atoms with Gasteiger partial charge in [-0.3, -0.25) is 0 Å². The third-order valence-corrected chi connectivity index (χ3v) is 2.76. The Bertz CT molecular complexity index is 489. The molecular weight excluding hydrogens is 224 g/mol. The molecule has 0 fully saturated rings. The van der Waals surface area contributed by atoms with E-state index in [9.17, 15) is 0 Å². The normalized spacial score (nSPS) is 9.94. The molecular formula is C15H18N2O. The first-order chi connectivity index (χ1) is 8.69. The predicted octanol–water partition coefficient (Wildman–Crippen LogP) is 3.50. The molecule has 2 aromatic rings. The molecule has 0 atom stereocenters. The summed E-state index contributed by atoms with van der Waals surface area (Å²) in [7, 11) is 5.74. The van der Waals surface area contributed by atoms with Gasteiger partial charge in [-0.2, -0.15) is 0 Å². The van der Waals surface area contributed by atoms with Gasteiger partial charge in [0.2, 0.25) is 0 Å². The number of nitrogens with one attached hydrogen (secondary N) is 1. The smallest absolute Gasteiger partial charge is 0.119 e. The summed E-state index contributed by atoms with van der Waals surface area (Å²) in [5.41, 5.74) is 3.31. The van der Waals surface area contributed by atoms with Gasteiger partial charge in [0.1, 0.15) is 5.75 Å². The molecule has 3 heteroatoms. The van der Waals surface area contributed by atoms with E-state index in [0.29, 0.717) is 0 Å². The molecule has 0 saturated carbocycles. The fourth-order valence-electron chi connectivity index (χ4n) is 1.68. The van der Waals surface area contributed by atoms with Gasteiger partial charge in [0, 0.05) is 31.2 Å². The second kappa shape index (κ2) is 5.45. The number of hydrogen-bond donors (Lipinski definition) is 1. The number of anilines is 3. The highest BCUT2D eigenvalue weighted by atomic mass is 16.5. The third-order valence-electron chi connectivity index (χ3n) is 2.76. The Balaban J connectivity index is 2.08. The van der Waals surface area contributed by atoms with Crippen LogP contribution in [0.3, 0.4) is 0 Å². The molecule has 0 aliphatic heterocycles. The quantitative estimate of drug-likeness (QED) is 0.888. The molecule has 0 amide bonds. The van der Waals surface area contributed by atoms with Crippen LogP contribution in [0.5, 0.6) is 5.75 Å². The summed E-state index contributed by atoms with van der Waals surface area (Å²) in [4.78, 5) is 2.08. The average molecular weight is 242 g/mol. The third kappa shape index (κ3) is 2.94. The lowest BCUT2D eigenvalue weighted by molar-refractivity contribution is 0.415. The van der Waals surface area contributed by atoms with Gasteiger partial charge in [0.05, 0.1) is 7.11 Å². The Hall–Kier alpha value is -2.16. The fourth-order valence-corrected chi connectivity index (χ4v) is 1.68. The van der Waals surface area contributed by atoms with E-state index in [1.54, 1.807) is 7.11 Å². The van der Waals surface area contributed by atoms with Gasteiger partial charge in [-0.05, 0) is 48.5 Å². The van der Waals surface area contributed by atoms with Gasteiger partial charge in [-0.1, -0.05) is 0 Å². The first-order valence-electron chi connectivity index (χ1n) is 5.87. The average Bonchev–Trinajstić information content (AvgIpc) is 2.40. The van der Waals surface area contributed by atoms with Crippen molar-refractivity contribution >= 4 is 17.1 Å². The maximum atomic E-state index is 5.13. The van der Waals surface area contributed by atoms with Crippen LogP contribution in [-0.2, 0) is 0 Å². The minimum atomic E-state index is 0.864. The number of ether oxygens (including phenoxy) is 1. The SMILES string of the molecule is COc1ccc(Nc2ccc(N(C)C)cc2)cc1. The van der Waals surface area contributed by atoms with Gasteiger partial charge >= 0.3 is 0 Å². The van der Waals surface area contributed by atoms with E-state index < -0.39 is 0 Å². The number of hydrogen-bond acceptors (Lipinski definition) is 3. The zero-order valence-electron chi connectivity index (χ0n) is 11.0. The molecule has 2 aromatic carbocycles. The molecule has 18 heavy (non-hydrogen) atoms. The molecule has 0 aliphatic rings. The lowest BCUT2D eigenvalue weighted by Crippen LogP contribution is -2.08. The van der Waals surface area contributed by atoms with Crippen molar-refractivity contribution in [3.63, 3.8) is 0 Å². The summed E-state index contributed by atoms with van der Waals surface area (Å²) in [5, 5.41) is 3.35. The van der Waals surface area contributed by atoms with Crippen molar-refractivity contribution < 1.29 is 4.74 Å². The van der Waals surface area contributed by atoms with Crippen molar-refractivity contribution in [1.82, 2.24) is 0 Å². The van der Waals surface area contributed by atoms with Gasteiger partial charge in [0.25, 0.3) is 0 Å². The first-order valence-corrected chi connectivity index (χ1v) is 5.87. The highest BCUT2D eigenvalue weighted by Crippen LogP contribution is 2.21. The molecule has 0 saturated heterocycles. The largest absolute Gasteiger partial charge is 0.497 e. The van der Waals surface area contributed by atoms with Crippen molar-refractivity contribution in [1.29, 1.82) is 0 Å². The highest BCUT2D eigenvalue weighted by Gasteiger charge is 1.97. The molecule has 3 nitrogen and oxygen atoms in total. The molecule has 0 heterocycles. The number of methoxy groups -OCH3 is 1. The second-order valence-electron chi connectivity index (χ2n) is 4.29. The number of rotatable bonds is 4. The zero-order valence-corrected chi connectivity index (χ0v) is 11.0. The summed E-state index contributed by atoms with van der Waals surface area (Å²) >= 11 is 0. The van der Waals surface area contributed by atoms with E-state index in [-0.39, 0.29) is 0 Å². The van der Waals surface area contributed by atoms with Crippen LogP contribution in [0, 0.1) is 0 Å². The van der Waals surface area contributed by atoms with Crippen molar-refractivity contribution in [2.75, 3.05) is 31.4 Å². The lowest BCUT2D eigenvalue weighted by atomic mass is 10.2. The lowest BCUT2D eigenvalue weighted by Gasteiger charge is -2.13. The Kier molecular flexibility index (Phi) is 3.72. The molecule has 1 N–H and O–H groups in total. The van der Waals surface area contributed by atoms with Crippen LogP contribution < -0.4 is 15.0 Å². The molecule has 0 unspecified atom stereocenters. The summed E-state index contributed by atoms with van der Waals surface area (Å²) in [5.74, 6) is 0.864. The fraction of sp³-hybridized carbons (Fsp3) is 0.200. The zero-order chi connectivity index (χ0) is 13.0. The Morgan fingerprint density at radius 1 is 0.833 bits per heavy atom. The molecule has 0 aromatic heterocycles. The highest BCUT2D eigenvalue weighted by molar-refractivity contribution is 5.63. The number of nitrogens with zero attached hydrogens (tertiary/aromatic N) is 1. The van der Waals surface area contributed by atoms with Gasteiger partial charge in [0.15, 0.2) is 0 Å². The monoisotopic (exact) mass is 242 g/mol. The van der Waals surface area contributed by atoms with E-state index in [2.05, 4.69) is 34.5 Å². The first kappa shape index (κ1) is 12.3. The van der Waals surface area contributed by atoms with E-state index in [1.807, 2.05) is 38.4 Å².